The first-order valence-electron chi connectivity index (χ1n) is 7.47. The third-order valence-electron chi connectivity index (χ3n) is 3.23. The number of likely N-dealkylation sites (N-methyl/N-ethyl adjacent to an activating group) is 1. The first-order chi connectivity index (χ1) is 11.0. The lowest BCUT2D eigenvalue weighted by atomic mass is 10.1. The number of hydrogen-bond acceptors (Lipinski definition) is 5. The van der Waals surface area contributed by atoms with Crippen molar-refractivity contribution < 1.29 is 19.1 Å². The minimum absolute atomic E-state index is 0.157. The van der Waals surface area contributed by atoms with E-state index in [1.54, 1.807) is 21.1 Å². The third-order valence-corrected chi connectivity index (χ3v) is 3.23. The standard InChI is InChI=1S/C16H25N3O4/c1-5-17-16(21)18-15(20)11-19(2)9-8-12-6-7-13(22-3)14(10-12)23-4/h6-7,10H,5,8-9,11H2,1-4H3,(H2,17,18,20,21). The van der Waals surface area contributed by atoms with Crippen LogP contribution >= 0.6 is 0 Å². The van der Waals surface area contributed by atoms with Crippen LogP contribution in [0.15, 0.2) is 18.2 Å². The van der Waals surface area contributed by atoms with Crippen LogP contribution in [-0.2, 0) is 11.2 Å². The van der Waals surface area contributed by atoms with E-state index >= 15 is 0 Å². The normalized spacial score (nSPS) is 10.3. The molecule has 0 aliphatic heterocycles. The van der Waals surface area contributed by atoms with Crippen LogP contribution in [0, 0.1) is 0 Å². The number of ether oxygens (including phenoxy) is 2. The summed E-state index contributed by atoms with van der Waals surface area (Å²) in [4.78, 5) is 24.8. The Morgan fingerprint density at radius 3 is 2.48 bits per heavy atom. The van der Waals surface area contributed by atoms with Gasteiger partial charge in [-0.05, 0) is 38.1 Å². The quantitative estimate of drug-likeness (QED) is 0.747. The largest absolute Gasteiger partial charge is 0.493 e. The molecule has 1 aromatic carbocycles. The number of methoxy groups -OCH3 is 2. The number of rotatable bonds is 8. The molecule has 1 rings (SSSR count). The molecule has 7 heteroatoms. The molecule has 0 spiro atoms. The second kappa shape index (κ2) is 9.68. The van der Waals surface area contributed by atoms with Gasteiger partial charge in [0.05, 0.1) is 20.8 Å². The number of nitrogens with zero attached hydrogens (tertiary/aromatic N) is 1. The van der Waals surface area contributed by atoms with Crippen molar-refractivity contribution in [3.63, 3.8) is 0 Å². The number of urea groups is 1. The molecule has 0 saturated heterocycles. The highest BCUT2D eigenvalue weighted by Crippen LogP contribution is 2.27. The molecule has 0 radical (unpaired) electrons. The lowest BCUT2D eigenvalue weighted by Crippen LogP contribution is -2.44. The molecule has 0 fully saturated rings. The van der Waals surface area contributed by atoms with E-state index in [0.717, 1.165) is 12.0 Å². The second-order valence-electron chi connectivity index (χ2n) is 5.08. The molecule has 0 bridgehead atoms. The van der Waals surface area contributed by atoms with Crippen LogP contribution in [0.4, 0.5) is 4.79 Å². The Kier molecular flexibility index (Phi) is 7.90. The van der Waals surface area contributed by atoms with Crippen LogP contribution in [0.3, 0.4) is 0 Å². The van der Waals surface area contributed by atoms with Gasteiger partial charge in [0.2, 0.25) is 5.91 Å². The minimum atomic E-state index is -0.467. The Bertz CT molecular complexity index is 534. The lowest BCUT2D eigenvalue weighted by Gasteiger charge is -2.16. The molecule has 128 valence electrons. The summed E-state index contributed by atoms with van der Waals surface area (Å²) in [5, 5.41) is 4.79. The molecular weight excluding hydrogens is 298 g/mol. The first-order valence-corrected chi connectivity index (χ1v) is 7.47. The van der Waals surface area contributed by atoms with E-state index in [9.17, 15) is 9.59 Å². The van der Waals surface area contributed by atoms with Gasteiger partial charge in [0, 0.05) is 13.1 Å². The van der Waals surface area contributed by atoms with Gasteiger partial charge >= 0.3 is 6.03 Å². The maximum atomic E-state index is 11.7. The number of benzene rings is 1. The highest BCUT2D eigenvalue weighted by molar-refractivity contribution is 5.95. The molecule has 3 amide bonds. The van der Waals surface area contributed by atoms with Crippen LogP contribution in [-0.4, -0.2) is 57.7 Å². The fourth-order valence-corrected chi connectivity index (χ4v) is 2.05. The Hall–Kier alpha value is -2.28. The zero-order valence-electron chi connectivity index (χ0n) is 14.1. The molecular formula is C16H25N3O4. The van der Waals surface area contributed by atoms with Gasteiger partial charge in [0.15, 0.2) is 11.5 Å². The maximum Gasteiger partial charge on any atom is 0.321 e. The molecule has 0 aromatic heterocycles. The summed E-state index contributed by atoms with van der Waals surface area (Å²) in [7, 11) is 5.02. The van der Waals surface area contributed by atoms with Crippen molar-refractivity contribution in [2.45, 2.75) is 13.3 Å². The number of hydrogen-bond donors (Lipinski definition) is 2. The fourth-order valence-electron chi connectivity index (χ4n) is 2.05. The van der Waals surface area contributed by atoms with E-state index in [4.69, 9.17) is 9.47 Å². The summed E-state index contributed by atoms with van der Waals surface area (Å²) >= 11 is 0. The Labute approximate surface area is 136 Å². The van der Waals surface area contributed by atoms with Gasteiger partial charge in [-0.3, -0.25) is 15.0 Å². The van der Waals surface area contributed by atoms with E-state index < -0.39 is 6.03 Å². The predicted molar refractivity (Wildman–Crippen MR) is 88.0 cm³/mol. The highest BCUT2D eigenvalue weighted by atomic mass is 16.5. The summed E-state index contributed by atoms with van der Waals surface area (Å²) < 4.78 is 10.5. The topological polar surface area (TPSA) is 79.9 Å². The molecule has 0 heterocycles. The van der Waals surface area contributed by atoms with Crippen LogP contribution in [0.5, 0.6) is 11.5 Å². The lowest BCUT2D eigenvalue weighted by molar-refractivity contribution is -0.120. The predicted octanol–water partition coefficient (Wildman–Crippen LogP) is 1.02. The van der Waals surface area contributed by atoms with E-state index in [1.165, 1.54) is 0 Å². The molecule has 0 aliphatic carbocycles. The van der Waals surface area contributed by atoms with E-state index in [1.807, 2.05) is 30.1 Å². The van der Waals surface area contributed by atoms with Crippen molar-refractivity contribution in [3.8, 4) is 11.5 Å². The monoisotopic (exact) mass is 323 g/mol. The summed E-state index contributed by atoms with van der Waals surface area (Å²) in [5.74, 6) is 1.04. The number of carbonyl (C=O) groups is 2. The van der Waals surface area contributed by atoms with Crippen LogP contribution in [0.1, 0.15) is 12.5 Å². The van der Waals surface area contributed by atoms with Gasteiger partial charge in [-0.25, -0.2) is 4.79 Å². The van der Waals surface area contributed by atoms with Crippen molar-refractivity contribution in [2.24, 2.45) is 0 Å². The van der Waals surface area contributed by atoms with E-state index in [0.29, 0.717) is 24.6 Å². The maximum absolute atomic E-state index is 11.7. The molecule has 0 unspecified atom stereocenters. The Balaban J connectivity index is 2.45. The van der Waals surface area contributed by atoms with Crippen molar-refractivity contribution in [3.05, 3.63) is 23.8 Å². The third kappa shape index (κ3) is 6.56. The average molecular weight is 323 g/mol. The molecule has 2 N–H and O–H groups in total. The molecule has 1 aromatic rings. The fraction of sp³-hybridized carbons (Fsp3) is 0.500. The van der Waals surface area contributed by atoms with Crippen molar-refractivity contribution in [1.82, 2.24) is 15.5 Å². The highest BCUT2D eigenvalue weighted by Gasteiger charge is 2.10. The summed E-state index contributed by atoms with van der Waals surface area (Å²) in [6, 6.07) is 5.27. The van der Waals surface area contributed by atoms with Crippen molar-refractivity contribution in [1.29, 1.82) is 0 Å². The summed E-state index contributed by atoms with van der Waals surface area (Å²) in [5.41, 5.74) is 1.08. The van der Waals surface area contributed by atoms with Gasteiger partial charge in [-0.2, -0.15) is 0 Å². The van der Waals surface area contributed by atoms with Gasteiger partial charge in [0.25, 0.3) is 0 Å². The minimum Gasteiger partial charge on any atom is -0.493 e. The van der Waals surface area contributed by atoms with Crippen LogP contribution < -0.4 is 20.1 Å². The van der Waals surface area contributed by atoms with Gasteiger partial charge in [-0.15, -0.1) is 0 Å². The Morgan fingerprint density at radius 1 is 1.17 bits per heavy atom. The van der Waals surface area contributed by atoms with Crippen molar-refractivity contribution in [2.75, 3.05) is 40.9 Å². The van der Waals surface area contributed by atoms with E-state index in [2.05, 4.69) is 10.6 Å². The van der Waals surface area contributed by atoms with E-state index in [-0.39, 0.29) is 12.5 Å². The zero-order valence-corrected chi connectivity index (χ0v) is 14.1. The number of imide groups is 1. The molecule has 0 atom stereocenters. The molecule has 7 nitrogen and oxygen atoms in total. The van der Waals surface area contributed by atoms with Gasteiger partial charge in [0.1, 0.15) is 0 Å². The molecule has 0 saturated carbocycles. The summed E-state index contributed by atoms with van der Waals surface area (Å²) in [6.07, 6.45) is 0.755. The second-order valence-corrected chi connectivity index (χ2v) is 5.08. The van der Waals surface area contributed by atoms with Crippen LogP contribution in [0.25, 0.3) is 0 Å². The summed E-state index contributed by atoms with van der Waals surface area (Å²) in [6.45, 7) is 3.11. The van der Waals surface area contributed by atoms with Gasteiger partial charge < -0.3 is 14.8 Å². The molecule has 0 aliphatic rings. The number of amides is 3. The van der Waals surface area contributed by atoms with Gasteiger partial charge in [-0.1, -0.05) is 6.07 Å². The zero-order chi connectivity index (χ0) is 17.2. The first kappa shape index (κ1) is 18.8. The smallest absolute Gasteiger partial charge is 0.321 e. The van der Waals surface area contributed by atoms with Crippen molar-refractivity contribution >= 4 is 11.9 Å². The Morgan fingerprint density at radius 2 is 1.87 bits per heavy atom. The average Bonchev–Trinajstić information content (AvgIpc) is 2.52. The number of nitrogens with one attached hydrogen (secondary N) is 2. The molecule has 23 heavy (non-hydrogen) atoms. The number of carbonyl (C=O) groups excluding carboxylic acids is 2. The SMILES string of the molecule is CCNC(=O)NC(=O)CN(C)CCc1ccc(OC)c(OC)c1. The van der Waals surface area contributed by atoms with Crippen LogP contribution in [0.2, 0.25) is 0 Å².